The highest BCUT2D eigenvalue weighted by atomic mass is 32.2. The molecule has 1 aliphatic heterocycles. The zero-order chi connectivity index (χ0) is 20.1. The van der Waals surface area contributed by atoms with Crippen LogP contribution in [0.4, 0.5) is 0 Å². The minimum absolute atomic E-state index is 0.0628. The fraction of sp³-hybridized carbons (Fsp3) is 0.400. The molecule has 1 fully saturated rings. The number of piperidine rings is 1. The van der Waals surface area contributed by atoms with Gasteiger partial charge in [0.05, 0.1) is 18.7 Å². The third kappa shape index (κ3) is 4.37. The summed E-state index contributed by atoms with van der Waals surface area (Å²) in [5.41, 5.74) is 5.79. The molecular formula is C20H22N4O3S. The topological polar surface area (TPSA) is 109 Å². The van der Waals surface area contributed by atoms with Gasteiger partial charge in [-0.1, -0.05) is 0 Å². The Kier molecular flexibility index (Phi) is 6.37. The number of thioether (sulfide) groups is 1. The van der Waals surface area contributed by atoms with Gasteiger partial charge in [-0.25, -0.2) is 4.98 Å². The molecule has 8 heteroatoms. The van der Waals surface area contributed by atoms with Gasteiger partial charge in [-0.3, -0.25) is 9.59 Å². The molecule has 2 N–H and O–H groups in total. The highest BCUT2D eigenvalue weighted by Gasteiger charge is 2.24. The van der Waals surface area contributed by atoms with Crippen molar-refractivity contribution < 1.29 is 14.3 Å². The number of carbonyl (C=O) groups excluding carboxylic acids is 2. The number of amides is 2. The average Bonchev–Trinajstić information content (AvgIpc) is 2.71. The summed E-state index contributed by atoms with van der Waals surface area (Å²) < 4.78 is 5.32. The molecule has 2 heterocycles. The molecule has 0 saturated carbocycles. The van der Waals surface area contributed by atoms with Crippen molar-refractivity contribution in [2.75, 3.05) is 26.0 Å². The van der Waals surface area contributed by atoms with E-state index in [1.54, 1.807) is 35.0 Å². The van der Waals surface area contributed by atoms with Crippen molar-refractivity contribution in [3.05, 3.63) is 30.0 Å². The monoisotopic (exact) mass is 398 g/mol. The van der Waals surface area contributed by atoms with E-state index in [1.807, 2.05) is 12.1 Å². The summed E-state index contributed by atoms with van der Waals surface area (Å²) in [6.07, 6.45) is 3.64. The third-order valence-electron chi connectivity index (χ3n) is 4.87. The van der Waals surface area contributed by atoms with E-state index in [1.165, 1.54) is 7.11 Å². The van der Waals surface area contributed by atoms with Gasteiger partial charge in [0.1, 0.15) is 17.2 Å². The van der Waals surface area contributed by atoms with E-state index < -0.39 is 5.91 Å². The lowest BCUT2D eigenvalue weighted by Gasteiger charge is -2.32. The Labute approximate surface area is 167 Å². The van der Waals surface area contributed by atoms with Gasteiger partial charge in [-0.05, 0) is 42.3 Å². The molecule has 1 saturated heterocycles. The van der Waals surface area contributed by atoms with Crippen LogP contribution < -0.4 is 10.5 Å². The van der Waals surface area contributed by atoms with Crippen molar-refractivity contribution in [2.45, 2.75) is 24.3 Å². The summed E-state index contributed by atoms with van der Waals surface area (Å²) >= 11 is 1.63. The number of hydrogen-bond donors (Lipinski definition) is 1. The normalized spacial score (nSPS) is 16.6. The van der Waals surface area contributed by atoms with Crippen LogP contribution in [0.5, 0.6) is 5.75 Å². The Morgan fingerprint density at radius 2 is 2.29 bits per heavy atom. The summed E-state index contributed by atoms with van der Waals surface area (Å²) in [5.74, 6) is 0.979. The van der Waals surface area contributed by atoms with E-state index in [4.69, 9.17) is 15.7 Å². The maximum absolute atomic E-state index is 12.0. The molecule has 146 valence electrons. The lowest BCUT2D eigenvalue weighted by molar-refractivity contribution is -0.131. The highest BCUT2D eigenvalue weighted by molar-refractivity contribution is 7.99. The van der Waals surface area contributed by atoms with E-state index in [0.29, 0.717) is 23.8 Å². The van der Waals surface area contributed by atoms with Crippen molar-refractivity contribution in [2.24, 2.45) is 11.7 Å². The van der Waals surface area contributed by atoms with E-state index in [9.17, 15) is 9.59 Å². The molecule has 0 radical (unpaired) electrons. The smallest absolute Gasteiger partial charge is 0.252 e. The van der Waals surface area contributed by atoms with E-state index in [2.05, 4.69) is 4.98 Å². The fourth-order valence-electron chi connectivity index (χ4n) is 3.45. The fourth-order valence-corrected chi connectivity index (χ4v) is 4.59. The zero-order valence-electron chi connectivity index (χ0n) is 15.7. The number of benzene rings is 1. The van der Waals surface area contributed by atoms with Gasteiger partial charge in [-0.15, -0.1) is 11.8 Å². The summed E-state index contributed by atoms with van der Waals surface area (Å²) in [4.78, 5) is 29.9. The SMILES string of the molecule is COc1cc2c(SC[C@@H]3CCCN(C(=O)CC#N)C3)nccc2cc1C(N)=O. The molecule has 1 aromatic carbocycles. The first-order chi connectivity index (χ1) is 13.5. The Bertz CT molecular complexity index is 941. The Morgan fingerprint density at radius 3 is 3.00 bits per heavy atom. The Morgan fingerprint density at radius 1 is 1.46 bits per heavy atom. The third-order valence-corrected chi connectivity index (χ3v) is 6.11. The number of ether oxygens (including phenoxy) is 1. The molecule has 0 unspecified atom stereocenters. The number of primary amides is 1. The van der Waals surface area contributed by atoms with Crippen molar-refractivity contribution in [1.29, 1.82) is 5.26 Å². The standard InChI is InChI=1S/C20H22N4O3S/c1-27-17-10-15-14(9-16(17)19(22)26)5-7-23-20(15)28-12-13-3-2-8-24(11-13)18(25)4-6-21/h5,7,9-10,13H,2-4,8,11-12H2,1H3,(H2,22,26)/t13-/m1/s1. The van der Waals surface area contributed by atoms with Crippen LogP contribution in [0, 0.1) is 17.2 Å². The summed E-state index contributed by atoms with van der Waals surface area (Å²) in [7, 11) is 1.51. The molecule has 0 bridgehead atoms. The van der Waals surface area contributed by atoms with Crippen LogP contribution in [-0.2, 0) is 4.79 Å². The van der Waals surface area contributed by atoms with Crippen LogP contribution in [0.3, 0.4) is 0 Å². The lowest BCUT2D eigenvalue weighted by Crippen LogP contribution is -2.40. The van der Waals surface area contributed by atoms with Crippen LogP contribution in [0.25, 0.3) is 10.8 Å². The van der Waals surface area contributed by atoms with Crippen molar-refractivity contribution >= 4 is 34.3 Å². The Hall–Kier alpha value is -2.79. The van der Waals surface area contributed by atoms with Gasteiger partial charge >= 0.3 is 0 Å². The average molecular weight is 398 g/mol. The molecule has 0 spiro atoms. The van der Waals surface area contributed by atoms with Gasteiger partial charge in [0, 0.05) is 30.4 Å². The number of aromatic nitrogens is 1. The summed E-state index contributed by atoms with van der Waals surface area (Å²) in [6, 6.07) is 7.30. The van der Waals surface area contributed by atoms with Crippen LogP contribution in [0.15, 0.2) is 29.4 Å². The molecule has 3 rings (SSSR count). The second-order valence-electron chi connectivity index (χ2n) is 6.75. The minimum Gasteiger partial charge on any atom is -0.496 e. The second kappa shape index (κ2) is 8.93. The molecular weight excluding hydrogens is 376 g/mol. The van der Waals surface area contributed by atoms with E-state index in [-0.39, 0.29) is 12.3 Å². The van der Waals surface area contributed by atoms with Gasteiger partial charge in [0.15, 0.2) is 0 Å². The minimum atomic E-state index is -0.533. The predicted molar refractivity (Wildman–Crippen MR) is 107 cm³/mol. The van der Waals surface area contributed by atoms with Gasteiger partial charge in [0.25, 0.3) is 5.91 Å². The number of likely N-dealkylation sites (tertiary alicyclic amines) is 1. The number of methoxy groups -OCH3 is 1. The first-order valence-electron chi connectivity index (χ1n) is 9.07. The van der Waals surface area contributed by atoms with Crippen LogP contribution in [0.1, 0.15) is 29.6 Å². The van der Waals surface area contributed by atoms with Crippen LogP contribution in [-0.4, -0.2) is 47.7 Å². The van der Waals surface area contributed by atoms with Gasteiger partial charge < -0.3 is 15.4 Å². The van der Waals surface area contributed by atoms with Gasteiger partial charge in [0.2, 0.25) is 5.91 Å². The lowest BCUT2D eigenvalue weighted by atomic mass is 10.00. The number of nitriles is 1. The number of pyridine rings is 1. The molecule has 2 aromatic rings. The number of fused-ring (bicyclic) bond motifs is 1. The first-order valence-corrected chi connectivity index (χ1v) is 10.1. The van der Waals surface area contributed by atoms with E-state index >= 15 is 0 Å². The highest BCUT2D eigenvalue weighted by Crippen LogP contribution is 2.33. The molecule has 1 atom stereocenters. The van der Waals surface area contributed by atoms with Gasteiger partial charge in [-0.2, -0.15) is 5.26 Å². The van der Waals surface area contributed by atoms with Crippen LogP contribution >= 0.6 is 11.8 Å². The molecule has 0 aliphatic carbocycles. The number of hydrogen-bond acceptors (Lipinski definition) is 6. The zero-order valence-corrected chi connectivity index (χ0v) is 16.5. The largest absolute Gasteiger partial charge is 0.496 e. The van der Waals surface area contributed by atoms with Crippen molar-refractivity contribution in [3.63, 3.8) is 0 Å². The number of nitrogens with zero attached hydrogens (tertiary/aromatic N) is 3. The quantitative estimate of drug-likeness (QED) is 0.749. The summed E-state index contributed by atoms with van der Waals surface area (Å²) in [5, 5.41) is 11.4. The summed E-state index contributed by atoms with van der Waals surface area (Å²) in [6.45, 7) is 1.40. The molecule has 28 heavy (non-hydrogen) atoms. The van der Waals surface area contributed by atoms with Crippen molar-refractivity contribution in [3.8, 4) is 11.8 Å². The van der Waals surface area contributed by atoms with Crippen molar-refractivity contribution in [1.82, 2.24) is 9.88 Å². The number of nitrogens with two attached hydrogens (primary N) is 1. The first kappa shape index (κ1) is 20.0. The molecule has 7 nitrogen and oxygen atoms in total. The van der Waals surface area contributed by atoms with Crippen LogP contribution in [0.2, 0.25) is 0 Å². The number of carbonyl (C=O) groups is 2. The predicted octanol–water partition coefficient (Wildman–Crippen LogP) is 2.59. The molecule has 1 aliphatic rings. The maximum atomic E-state index is 12.0. The maximum Gasteiger partial charge on any atom is 0.252 e. The molecule has 2 amide bonds. The van der Waals surface area contributed by atoms with E-state index in [0.717, 1.165) is 40.9 Å². The molecule has 1 aromatic heterocycles. The second-order valence-corrected chi connectivity index (χ2v) is 7.76. The number of rotatable bonds is 6. The Balaban J connectivity index is 1.76.